The lowest BCUT2D eigenvalue weighted by Gasteiger charge is -2.21. The summed E-state index contributed by atoms with van der Waals surface area (Å²) in [6.07, 6.45) is 2.72. The van der Waals surface area contributed by atoms with E-state index < -0.39 is 11.8 Å². The summed E-state index contributed by atoms with van der Waals surface area (Å²) in [6.45, 7) is 2.84. The van der Waals surface area contributed by atoms with Gasteiger partial charge < -0.3 is 27.9 Å². The van der Waals surface area contributed by atoms with Crippen LogP contribution in [0, 0.1) is 5.82 Å². The third kappa shape index (κ3) is 4.84. The Morgan fingerprint density at radius 2 is 2.00 bits per heavy atom. The van der Waals surface area contributed by atoms with Crippen LogP contribution >= 0.6 is 0 Å². The lowest BCUT2D eigenvalue weighted by Crippen LogP contribution is -2.21. The minimum Gasteiger partial charge on any atom is -0.496 e. The Bertz CT molecular complexity index is 1350. The molecule has 2 aromatic carbocycles. The van der Waals surface area contributed by atoms with Crippen molar-refractivity contribution in [3.8, 4) is 28.3 Å². The summed E-state index contributed by atoms with van der Waals surface area (Å²) in [5, 5.41) is 4.69. The van der Waals surface area contributed by atoms with Gasteiger partial charge in [-0.3, -0.25) is 0 Å². The van der Waals surface area contributed by atoms with Gasteiger partial charge in [-0.1, -0.05) is 5.16 Å². The van der Waals surface area contributed by atoms with Gasteiger partial charge in [0.15, 0.2) is 12.1 Å². The average molecular weight is 496 g/mol. The van der Waals surface area contributed by atoms with Crippen LogP contribution in [-0.2, 0) is 20.8 Å². The van der Waals surface area contributed by atoms with Gasteiger partial charge in [0, 0.05) is 29.2 Å². The van der Waals surface area contributed by atoms with Crippen LogP contribution in [0.2, 0.25) is 0 Å². The highest BCUT2D eigenvalue weighted by Crippen LogP contribution is 2.40. The van der Waals surface area contributed by atoms with E-state index >= 15 is 0 Å². The number of methoxy groups -OCH3 is 1. The van der Waals surface area contributed by atoms with Gasteiger partial charge in [0.2, 0.25) is 0 Å². The summed E-state index contributed by atoms with van der Waals surface area (Å²) >= 11 is 0. The Hall–Kier alpha value is -3.69. The van der Waals surface area contributed by atoms with Gasteiger partial charge in [-0.2, -0.15) is 0 Å². The maximum Gasteiger partial charge on any atom is 0.342 e. The molecule has 0 N–H and O–H groups in total. The molecule has 2 aromatic heterocycles. The maximum atomic E-state index is 13.5. The molecule has 0 radical (unpaired) electrons. The Balaban J connectivity index is 1.52. The number of carbonyl (C=O) groups excluding carboxylic acids is 1. The van der Waals surface area contributed by atoms with Crippen molar-refractivity contribution in [2.75, 3.05) is 20.3 Å². The second kappa shape index (κ2) is 10.5. The summed E-state index contributed by atoms with van der Waals surface area (Å²) in [5.41, 5.74) is 2.34. The van der Waals surface area contributed by atoms with Crippen molar-refractivity contribution in [1.29, 1.82) is 0 Å². The standard InChI is InChI=1S/C27H26FNO7/c1-3-32-27(30)25-20-14-22(31-2)19(13-23(20)35-26(25)16-7-9-17(28)10-8-16)21-12-18(36-29-21)15-34-24-6-4-5-11-33-24/h7-10,12-14,24H,3-6,11,15H2,1-2H3. The third-order valence-corrected chi connectivity index (χ3v) is 5.98. The zero-order chi connectivity index (χ0) is 25.1. The van der Waals surface area contributed by atoms with Gasteiger partial charge >= 0.3 is 5.97 Å². The van der Waals surface area contributed by atoms with Crippen molar-refractivity contribution in [3.63, 3.8) is 0 Å². The fourth-order valence-corrected chi connectivity index (χ4v) is 4.23. The van der Waals surface area contributed by atoms with E-state index in [1.165, 1.54) is 19.2 Å². The van der Waals surface area contributed by atoms with Gasteiger partial charge in [-0.15, -0.1) is 0 Å². The SMILES string of the molecule is CCOC(=O)c1c(-c2ccc(F)cc2)oc2cc(-c3cc(COC4CCCCO4)on3)c(OC)cc12. The Morgan fingerprint density at radius 3 is 2.72 bits per heavy atom. The van der Waals surface area contributed by atoms with Gasteiger partial charge in [0.05, 0.1) is 13.7 Å². The number of ether oxygens (including phenoxy) is 4. The van der Waals surface area contributed by atoms with Crippen molar-refractivity contribution in [2.45, 2.75) is 39.1 Å². The normalized spacial score (nSPS) is 15.8. The lowest BCUT2D eigenvalue weighted by atomic mass is 10.0. The number of carbonyl (C=O) groups is 1. The Morgan fingerprint density at radius 1 is 1.17 bits per heavy atom. The molecule has 5 rings (SSSR count). The molecule has 0 spiro atoms. The number of furan rings is 1. The summed E-state index contributed by atoms with van der Waals surface area (Å²) in [7, 11) is 1.53. The molecule has 1 fully saturated rings. The highest BCUT2D eigenvalue weighted by atomic mass is 19.1. The molecule has 9 heteroatoms. The van der Waals surface area contributed by atoms with Crippen LogP contribution < -0.4 is 4.74 Å². The van der Waals surface area contributed by atoms with Gasteiger partial charge in [-0.05, 0) is 62.6 Å². The van der Waals surface area contributed by atoms with E-state index in [4.69, 9.17) is 27.9 Å². The molecule has 0 bridgehead atoms. The Labute approximate surface area is 206 Å². The van der Waals surface area contributed by atoms with E-state index in [0.29, 0.717) is 45.9 Å². The van der Waals surface area contributed by atoms with E-state index in [2.05, 4.69) is 5.16 Å². The summed E-state index contributed by atoms with van der Waals surface area (Å²) in [4.78, 5) is 12.9. The quantitative estimate of drug-likeness (QED) is 0.270. The van der Waals surface area contributed by atoms with Crippen molar-refractivity contribution in [1.82, 2.24) is 5.16 Å². The molecular formula is C27H26FNO7. The first kappa shape index (κ1) is 24.0. The first-order chi connectivity index (χ1) is 17.6. The topological polar surface area (TPSA) is 93.2 Å². The lowest BCUT2D eigenvalue weighted by molar-refractivity contribution is -0.171. The van der Waals surface area contributed by atoms with Crippen molar-refractivity contribution in [2.24, 2.45) is 0 Å². The summed E-state index contributed by atoms with van der Waals surface area (Å²) < 4.78 is 47.4. The highest BCUT2D eigenvalue weighted by Gasteiger charge is 2.26. The average Bonchev–Trinajstić information content (AvgIpc) is 3.52. The van der Waals surface area contributed by atoms with Crippen molar-refractivity contribution < 1.29 is 37.1 Å². The summed E-state index contributed by atoms with van der Waals surface area (Å²) in [5.74, 6) is 0.355. The molecule has 0 amide bonds. The number of hydrogen-bond acceptors (Lipinski definition) is 8. The fraction of sp³-hybridized carbons (Fsp3) is 0.333. The van der Waals surface area contributed by atoms with Gasteiger partial charge in [-0.25, -0.2) is 9.18 Å². The molecule has 1 aliphatic heterocycles. The van der Waals surface area contributed by atoms with Crippen LogP contribution in [-0.4, -0.2) is 37.7 Å². The van der Waals surface area contributed by atoms with Crippen molar-refractivity contribution in [3.05, 3.63) is 59.6 Å². The minimum absolute atomic E-state index is 0.194. The second-order valence-corrected chi connectivity index (χ2v) is 8.37. The van der Waals surface area contributed by atoms with Crippen LogP contribution in [0.1, 0.15) is 42.3 Å². The largest absolute Gasteiger partial charge is 0.496 e. The van der Waals surface area contributed by atoms with Gasteiger partial charge in [0.1, 0.15) is 40.8 Å². The number of rotatable bonds is 8. The molecule has 3 heterocycles. The molecule has 188 valence electrons. The van der Waals surface area contributed by atoms with E-state index in [0.717, 1.165) is 19.3 Å². The van der Waals surface area contributed by atoms with Crippen molar-refractivity contribution >= 4 is 16.9 Å². The smallest absolute Gasteiger partial charge is 0.342 e. The van der Waals surface area contributed by atoms with Crippen LogP contribution in [0.5, 0.6) is 5.75 Å². The third-order valence-electron chi connectivity index (χ3n) is 5.98. The molecule has 0 saturated carbocycles. The first-order valence-electron chi connectivity index (χ1n) is 11.8. The molecule has 1 atom stereocenters. The van der Waals surface area contributed by atoms with E-state index in [-0.39, 0.29) is 30.8 Å². The summed E-state index contributed by atoms with van der Waals surface area (Å²) in [6, 6.07) is 10.9. The molecule has 8 nitrogen and oxygen atoms in total. The zero-order valence-corrected chi connectivity index (χ0v) is 20.0. The molecule has 1 unspecified atom stereocenters. The van der Waals surface area contributed by atoms with Crippen LogP contribution in [0.3, 0.4) is 0 Å². The highest BCUT2D eigenvalue weighted by molar-refractivity contribution is 6.10. The number of nitrogens with zero attached hydrogens (tertiary/aromatic N) is 1. The second-order valence-electron chi connectivity index (χ2n) is 8.37. The number of benzene rings is 2. The zero-order valence-electron chi connectivity index (χ0n) is 20.0. The maximum absolute atomic E-state index is 13.5. The van der Waals surface area contributed by atoms with Crippen LogP contribution in [0.15, 0.2) is 51.4 Å². The fourth-order valence-electron chi connectivity index (χ4n) is 4.23. The number of halogens is 1. The minimum atomic E-state index is -0.545. The first-order valence-corrected chi connectivity index (χ1v) is 11.8. The molecule has 1 aliphatic rings. The van der Waals surface area contributed by atoms with E-state index in [1.807, 2.05) is 0 Å². The predicted octanol–water partition coefficient (Wildman–Crippen LogP) is 6.12. The number of hydrogen-bond donors (Lipinski definition) is 0. The molecular weight excluding hydrogens is 469 g/mol. The van der Waals surface area contributed by atoms with Crippen LogP contribution in [0.25, 0.3) is 33.6 Å². The number of fused-ring (bicyclic) bond motifs is 1. The van der Waals surface area contributed by atoms with Crippen LogP contribution in [0.4, 0.5) is 4.39 Å². The van der Waals surface area contributed by atoms with E-state index in [9.17, 15) is 9.18 Å². The monoisotopic (exact) mass is 495 g/mol. The molecule has 36 heavy (non-hydrogen) atoms. The number of esters is 1. The Kier molecular flexibility index (Phi) is 7.02. The molecule has 1 saturated heterocycles. The number of aromatic nitrogens is 1. The van der Waals surface area contributed by atoms with Gasteiger partial charge in [0.25, 0.3) is 0 Å². The predicted molar refractivity (Wildman–Crippen MR) is 128 cm³/mol. The van der Waals surface area contributed by atoms with E-state index in [1.54, 1.807) is 37.3 Å². The molecule has 4 aromatic rings. The molecule has 0 aliphatic carbocycles.